The number of rotatable bonds is 4. The number of aliphatic imine (C=N–C) groups is 2. The molecule has 0 aliphatic rings. The lowest BCUT2D eigenvalue weighted by atomic mass is 10.1. The average Bonchev–Trinajstić information content (AvgIpc) is 2.90. The van der Waals surface area contributed by atoms with Crippen LogP contribution in [0.3, 0.4) is 0 Å². The van der Waals surface area contributed by atoms with Crippen LogP contribution >= 0.6 is 12.4 Å². The summed E-state index contributed by atoms with van der Waals surface area (Å²) in [4.78, 5) is 8.79. The third-order valence-corrected chi connectivity index (χ3v) is 3.86. The second kappa shape index (κ2) is 7.79. The highest BCUT2D eigenvalue weighted by molar-refractivity contribution is 6.10. The maximum atomic E-state index is 6.07. The summed E-state index contributed by atoms with van der Waals surface area (Å²) < 4.78 is 6.02. The van der Waals surface area contributed by atoms with E-state index in [1.807, 2.05) is 64.1 Å². The number of halogens is 1. The van der Waals surface area contributed by atoms with Gasteiger partial charge in [0.2, 0.25) is 0 Å². The molecular weight excluding hydrogens is 348 g/mol. The molecule has 0 saturated carbocycles. The third kappa shape index (κ3) is 3.99. The summed E-state index contributed by atoms with van der Waals surface area (Å²) >= 11 is 0. The van der Waals surface area contributed by atoms with E-state index in [4.69, 9.17) is 15.9 Å². The van der Waals surface area contributed by atoms with E-state index >= 15 is 0 Å². The minimum atomic E-state index is 0. The van der Waals surface area contributed by atoms with Crippen molar-refractivity contribution in [3.63, 3.8) is 0 Å². The van der Waals surface area contributed by atoms with Crippen LogP contribution in [0.2, 0.25) is 0 Å². The molecule has 4 N–H and O–H groups in total. The van der Waals surface area contributed by atoms with Crippen molar-refractivity contribution < 1.29 is 4.42 Å². The molecule has 0 radical (unpaired) electrons. The van der Waals surface area contributed by atoms with E-state index in [-0.39, 0.29) is 24.5 Å². The number of hydrogen-bond acceptors (Lipinski definition) is 3. The van der Waals surface area contributed by atoms with E-state index < -0.39 is 0 Å². The Morgan fingerprint density at radius 1 is 0.769 bits per heavy atom. The van der Waals surface area contributed by atoms with Gasteiger partial charge in [-0.15, -0.1) is 12.4 Å². The molecule has 2 aromatic carbocycles. The fourth-order valence-electron chi connectivity index (χ4n) is 2.80. The predicted molar refractivity (Wildman–Crippen MR) is 113 cm³/mol. The predicted octanol–water partition coefficient (Wildman–Crippen LogP) is 4.24. The highest BCUT2D eigenvalue weighted by atomic mass is 35.5. The molecule has 0 aliphatic heterocycles. The van der Waals surface area contributed by atoms with Gasteiger partial charge < -0.3 is 15.9 Å². The van der Waals surface area contributed by atoms with E-state index in [9.17, 15) is 0 Å². The van der Waals surface area contributed by atoms with Gasteiger partial charge in [-0.25, -0.2) is 0 Å². The van der Waals surface area contributed by atoms with Crippen LogP contribution in [0.25, 0.3) is 21.9 Å². The van der Waals surface area contributed by atoms with Crippen molar-refractivity contribution in [2.75, 3.05) is 0 Å². The zero-order valence-electron chi connectivity index (χ0n) is 15.5. The number of fused-ring (bicyclic) bond motifs is 3. The second-order valence-electron chi connectivity index (χ2n) is 6.74. The van der Waals surface area contributed by atoms with Crippen molar-refractivity contribution in [2.45, 2.75) is 39.8 Å². The molecule has 0 spiro atoms. The van der Waals surface area contributed by atoms with Gasteiger partial charge >= 0.3 is 0 Å². The first-order valence-corrected chi connectivity index (χ1v) is 8.48. The van der Waals surface area contributed by atoms with Crippen LogP contribution in [0.15, 0.2) is 50.8 Å². The molecule has 1 aromatic heterocycles. The Bertz CT molecular complexity index is 908. The van der Waals surface area contributed by atoms with E-state index in [0.717, 1.165) is 33.1 Å². The van der Waals surface area contributed by atoms with Gasteiger partial charge in [0.05, 0.1) is 0 Å². The van der Waals surface area contributed by atoms with Gasteiger partial charge in [0.1, 0.15) is 22.8 Å². The average molecular weight is 373 g/mol. The van der Waals surface area contributed by atoms with Crippen molar-refractivity contribution in [2.24, 2.45) is 21.5 Å². The summed E-state index contributed by atoms with van der Waals surface area (Å²) in [6.45, 7) is 7.99. The molecule has 0 unspecified atom stereocenters. The largest absolute Gasteiger partial charge is 0.456 e. The summed E-state index contributed by atoms with van der Waals surface area (Å²) in [6, 6.07) is 12.1. The maximum Gasteiger partial charge on any atom is 0.136 e. The molecule has 6 heteroatoms. The maximum absolute atomic E-state index is 6.07. The van der Waals surface area contributed by atoms with Gasteiger partial charge in [-0.1, -0.05) is 12.1 Å². The highest BCUT2D eigenvalue weighted by Crippen LogP contribution is 2.30. The monoisotopic (exact) mass is 372 g/mol. The summed E-state index contributed by atoms with van der Waals surface area (Å²) in [7, 11) is 0. The Kier molecular flexibility index (Phi) is 5.93. The Hall–Kier alpha value is -2.53. The fourth-order valence-corrected chi connectivity index (χ4v) is 2.80. The van der Waals surface area contributed by atoms with Crippen molar-refractivity contribution in [3.05, 3.63) is 47.5 Å². The van der Waals surface area contributed by atoms with Gasteiger partial charge in [0.25, 0.3) is 0 Å². The Labute approximate surface area is 159 Å². The molecule has 0 amide bonds. The molecule has 0 saturated heterocycles. The zero-order chi connectivity index (χ0) is 18.1. The molecule has 3 rings (SSSR count). The van der Waals surface area contributed by atoms with Crippen molar-refractivity contribution in [3.8, 4) is 0 Å². The number of hydrogen-bond donors (Lipinski definition) is 2. The van der Waals surface area contributed by atoms with Crippen LogP contribution in [-0.4, -0.2) is 23.8 Å². The van der Waals surface area contributed by atoms with Crippen LogP contribution in [0.5, 0.6) is 0 Å². The number of nitrogens with zero attached hydrogens (tertiary/aromatic N) is 2. The molecule has 0 fully saturated rings. The fraction of sp³-hybridized carbons (Fsp3) is 0.300. The third-order valence-electron chi connectivity index (χ3n) is 3.86. The van der Waals surface area contributed by atoms with E-state index in [0.29, 0.717) is 11.7 Å². The first-order valence-electron chi connectivity index (χ1n) is 8.48. The molecule has 3 aromatic rings. The quantitative estimate of drug-likeness (QED) is 0.530. The minimum absolute atomic E-state index is 0. The molecule has 0 bridgehead atoms. The number of nitrogens with two attached hydrogens (primary N) is 2. The molecular formula is C20H25ClN4O. The molecule has 0 atom stereocenters. The molecule has 26 heavy (non-hydrogen) atoms. The second-order valence-corrected chi connectivity index (χ2v) is 6.74. The Morgan fingerprint density at radius 3 is 1.50 bits per heavy atom. The highest BCUT2D eigenvalue weighted by Gasteiger charge is 2.11. The van der Waals surface area contributed by atoms with Gasteiger partial charge in [0, 0.05) is 34.0 Å². The summed E-state index contributed by atoms with van der Waals surface area (Å²) in [5.41, 5.74) is 15.4. The first kappa shape index (κ1) is 19.8. The van der Waals surface area contributed by atoms with Gasteiger partial charge in [-0.2, -0.15) is 0 Å². The van der Waals surface area contributed by atoms with Crippen molar-refractivity contribution in [1.29, 1.82) is 0 Å². The van der Waals surface area contributed by atoms with Crippen molar-refractivity contribution >= 4 is 46.0 Å². The van der Waals surface area contributed by atoms with Gasteiger partial charge in [0.15, 0.2) is 0 Å². The van der Waals surface area contributed by atoms with Crippen LogP contribution in [0, 0.1) is 0 Å². The smallest absolute Gasteiger partial charge is 0.136 e. The van der Waals surface area contributed by atoms with Crippen LogP contribution in [0.1, 0.15) is 38.8 Å². The summed E-state index contributed by atoms with van der Waals surface area (Å²) in [5.74, 6) is 1.04. The molecule has 5 nitrogen and oxygen atoms in total. The molecule has 138 valence electrons. The number of furan rings is 1. The van der Waals surface area contributed by atoms with E-state index in [1.165, 1.54) is 0 Å². The van der Waals surface area contributed by atoms with Gasteiger partial charge in [-0.3, -0.25) is 9.98 Å². The number of amidine groups is 2. The van der Waals surface area contributed by atoms with Crippen LogP contribution in [0.4, 0.5) is 0 Å². The Morgan fingerprint density at radius 2 is 1.15 bits per heavy atom. The van der Waals surface area contributed by atoms with Crippen LogP contribution < -0.4 is 11.5 Å². The Balaban J connectivity index is 0.00000243. The van der Waals surface area contributed by atoms with E-state index in [2.05, 4.69) is 9.98 Å². The standard InChI is InChI=1S/C20H24N4O.ClH/c1-11(2)23-19(21)13-5-7-15-16-8-6-14(20(22)24-12(3)4)10-18(16)25-17(15)9-13;/h5-12H,1-4H3,(H2,21,23)(H2,22,24);1H. The topological polar surface area (TPSA) is 89.9 Å². The van der Waals surface area contributed by atoms with E-state index in [1.54, 1.807) is 0 Å². The lowest BCUT2D eigenvalue weighted by molar-refractivity contribution is 0.668. The van der Waals surface area contributed by atoms with Crippen LogP contribution in [-0.2, 0) is 0 Å². The minimum Gasteiger partial charge on any atom is -0.456 e. The first-order chi connectivity index (χ1) is 11.8. The SMILES string of the molecule is CC(C)N=C(N)c1ccc2c(c1)oc1cc(C(N)=NC(C)C)ccc12.Cl. The molecule has 1 heterocycles. The molecule has 0 aliphatic carbocycles. The lowest BCUT2D eigenvalue weighted by Gasteiger charge is -2.03. The lowest BCUT2D eigenvalue weighted by Crippen LogP contribution is -2.15. The van der Waals surface area contributed by atoms with Gasteiger partial charge in [-0.05, 0) is 52.0 Å². The van der Waals surface area contributed by atoms with Crippen molar-refractivity contribution in [1.82, 2.24) is 0 Å². The zero-order valence-corrected chi connectivity index (χ0v) is 16.3. The number of benzene rings is 2. The summed E-state index contributed by atoms with van der Waals surface area (Å²) in [6.07, 6.45) is 0. The summed E-state index contributed by atoms with van der Waals surface area (Å²) in [5, 5.41) is 2.09. The normalized spacial score (nSPS) is 13.0.